The summed E-state index contributed by atoms with van der Waals surface area (Å²) in [6, 6.07) is 0. The largest absolute Gasteiger partial charge is 0.494 e. The monoisotopic (exact) mass is 365 g/mol. The van der Waals surface area contributed by atoms with Gasteiger partial charge in [0.15, 0.2) is 5.75 Å². The van der Waals surface area contributed by atoms with Crippen LogP contribution in [0, 0.1) is 0 Å². The van der Waals surface area contributed by atoms with Crippen LogP contribution in [0.1, 0.15) is 24.2 Å². The number of nitrogens with zero attached hydrogens (tertiary/aromatic N) is 6. The van der Waals surface area contributed by atoms with Crippen LogP contribution in [-0.4, -0.2) is 41.6 Å². The summed E-state index contributed by atoms with van der Waals surface area (Å²) in [6.07, 6.45) is 8.73. The molecule has 0 aliphatic carbocycles. The number of imidazole rings is 1. The zero-order valence-corrected chi connectivity index (χ0v) is 15.1. The average molecular weight is 365 g/mol. The first-order chi connectivity index (χ1) is 13.0. The molecule has 138 valence electrons. The number of rotatable bonds is 5. The second kappa shape index (κ2) is 6.56. The second-order valence-corrected chi connectivity index (χ2v) is 6.15. The van der Waals surface area contributed by atoms with Gasteiger partial charge in [0.05, 0.1) is 31.2 Å². The number of fused-ring (bicyclic) bond motifs is 1. The molecule has 0 aliphatic heterocycles. The molecule has 0 saturated heterocycles. The molecule has 4 aromatic rings. The maximum absolute atomic E-state index is 5.87. The summed E-state index contributed by atoms with van der Waals surface area (Å²) in [5.41, 5.74) is 7.45. The van der Waals surface area contributed by atoms with Gasteiger partial charge in [-0.2, -0.15) is 9.97 Å². The second-order valence-electron chi connectivity index (χ2n) is 6.15. The van der Waals surface area contributed by atoms with E-state index in [2.05, 4.69) is 35.2 Å². The normalized spacial score (nSPS) is 12.3. The van der Waals surface area contributed by atoms with Crippen LogP contribution < -0.4 is 15.8 Å². The van der Waals surface area contributed by atoms with E-state index in [1.807, 2.05) is 30.9 Å². The Bertz CT molecular complexity index is 1080. The topological polar surface area (TPSA) is 132 Å². The van der Waals surface area contributed by atoms with Crippen molar-refractivity contribution in [3.8, 4) is 5.75 Å². The Hall–Kier alpha value is -3.69. The highest BCUT2D eigenvalue weighted by molar-refractivity contribution is 5.93. The van der Waals surface area contributed by atoms with Crippen molar-refractivity contribution < 1.29 is 4.74 Å². The van der Waals surface area contributed by atoms with Crippen LogP contribution in [0.15, 0.2) is 31.1 Å². The SMILES string of the molecule is COc1cnc([C@H](C)c2c[nH]c3nc(N)nc(Nc4cn(C)cn4)c23)nc1. The zero-order valence-electron chi connectivity index (χ0n) is 15.1. The summed E-state index contributed by atoms with van der Waals surface area (Å²) in [5, 5.41) is 4.04. The Morgan fingerprint density at radius 2 is 2.00 bits per heavy atom. The third kappa shape index (κ3) is 3.12. The van der Waals surface area contributed by atoms with Gasteiger partial charge in [-0.1, -0.05) is 6.92 Å². The van der Waals surface area contributed by atoms with Gasteiger partial charge < -0.3 is 25.3 Å². The first-order valence-electron chi connectivity index (χ1n) is 8.30. The van der Waals surface area contributed by atoms with Gasteiger partial charge in [0.2, 0.25) is 5.95 Å². The molecular formula is C17H19N9O. The fourth-order valence-electron chi connectivity index (χ4n) is 2.90. The Kier molecular flexibility index (Phi) is 4.07. The Balaban J connectivity index is 1.78. The molecule has 4 heterocycles. The van der Waals surface area contributed by atoms with Crippen LogP contribution in [0.2, 0.25) is 0 Å². The van der Waals surface area contributed by atoms with E-state index in [0.717, 1.165) is 10.9 Å². The number of methoxy groups -OCH3 is 1. The third-order valence-corrected chi connectivity index (χ3v) is 4.27. The first kappa shape index (κ1) is 16.8. The van der Waals surface area contributed by atoms with Crippen molar-refractivity contribution in [2.45, 2.75) is 12.8 Å². The minimum absolute atomic E-state index is 0.0961. The summed E-state index contributed by atoms with van der Waals surface area (Å²) >= 11 is 0. The summed E-state index contributed by atoms with van der Waals surface area (Å²) in [6.45, 7) is 2.02. The van der Waals surface area contributed by atoms with E-state index in [4.69, 9.17) is 10.5 Å². The fraction of sp³-hybridized carbons (Fsp3) is 0.235. The lowest BCUT2D eigenvalue weighted by Gasteiger charge is -2.12. The van der Waals surface area contributed by atoms with Crippen LogP contribution in [-0.2, 0) is 7.05 Å². The molecule has 0 saturated carbocycles. The molecule has 0 fully saturated rings. The molecule has 10 heteroatoms. The quantitative estimate of drug-likeness (QED) is 0.489. The van der Waals surface area contributed by atoms with Gasteiger partial charge >= 0.3 is 0 Å². The molecular weight excluding hydrogens is 346 g/mol. The van der Waals surface area contributed by atoms with Crippen LogP contribution in [0.4, 0.5) is 17.6 Å². The van der Waals surface area contributed by atoms with Crippen LogP contribution in [0.3, 0.4) is 0 Å². The number of nitrogens with one attached hydrogen (secondary N) is 2. The predicted octanol–water partition coefficient (Wildman–Crippen LogP) is 1.97. The van der Waals surface area contributed by atoms with E-state index in [1.54, 1.807) is 25.8 Å². The maximum Gasteiger partial charge on any atom is 0.224 e. The fourth-order valence-corrected chi connectivity index (χ4v) is 2.90. The number of nitrogens with two attached hydrogens (primary N) is 1. The lowest BCUT2D eigenvalue weighted by molar-refractivity contribution is 0.409. The van der Waals surface area contributed by atoms with Gasteiger partial charge in [0.1, 0.15) is 23.1 Å². The van der Waals surface area contributed by atoms with Crippen molar-refractivity contribution in [3.63, 3.8) is 0 Å². The van der Waals surface area contributed by atoms with Gasteiger partial charge in [-0.25, -0.2) is 15.0 Å². The lowest BCUT2D eigenvalue weighted by atomic mass is 10.0. The highest BCUT2D eigenvalue weighted by Gasteiger charge is 2.21. The van der Waals surface area contributed by atoms with E-state index < -0.39 is 0 Å². The lowest BCUT2D eigenvalue weighted by Crippen LogP contribution is -2.05. The highest BCUT2D eigenvalue weighted by Crippen LogP contribution is 2.33. The van der Waals surface area contributed by atoms with Gasteiger partial charge in [-0.15, -0.1) is 0 Å². The van der Waals surface area contributed by atoms with Gasteiger partial charge in [-0.3, -0.25) is 0 Å². The molecule has 0 spiro atoms. The zero-order chi connectivity index (χ0) is 19.0. The number of aromatic nitrogens is 7. The Morgan fingerprint density at radius 1 is 1.22 bits per heavy atom. The number of nitrogen functional groups attached to an aromatic ring is 1. The number of aromatic amines is 1. The molecule has 0 unspecified atom stereocenters. The van der Waals surface area contributed by atoms with Crippen molar-refractivity contribution >= 4 is 28.6 Å². The molecule has 27 heavy (non-hydrogen) atoms. The molecule has 0 aromatic carbocycles. The minimum Gasteiger partial charge on any atom is -0.494 e. The molecule has 0 radical (unpaired) electrons. The summed E-state index contributed by atoms with van der Waals surface area (Å²) in [7, 11) is 3.48. The first-order valence-corrected chi connectivity index (χ1v) is 8.30. The Morgan fingerprint density at radius 3 is 2.67 bits per heavy atom. The molecule has 0 bridgehead atoms. The van der Waals surface area contributed by atoms with Crippen molar-refractivity contribution in [1.29, 1.82) is 0 Å². The van der Waals surface area contributed by atoms with E-state index in [0.29, 0.717) is 28.9 Å². The van der Waals surface area contributed by atoms with Gasteiger partial charge in [0.25, 0.3) is 0 Å². The molecule has 4 rings (SSSR count). The van der Waals surface area contributed by atoms with Gasteiger partial charge in [0, 0.05) is 25.4 Å². The van der Waals surface area contributed by atoms with Crippen LogP contribution in [0.25, 0.3) is 11.0 Å². The number of ether oxygens (including phenoxy) is 1. The van der Waals surface area contributed by atoms with E-state index in [1.165, 1.54) is 0 Å². The van der Waals surface area contributed by atoms with E-state index in [-0.39, 0.29) is 11.9 Å². The summed E-state index contributed by atoms with van der Waals surface area (Å²) < 4.78 is 6.97. The maximum atomic E-state index is 5.87. The highest BCUT2D eigenvalue weighted by atomic mass is 16.5. The van der Waals surface area contributed by atoms with Crippen molar-refractivity contribution in [3.05, 3.63) is 42.5 Å². The Labute approximate surface area is 154 Å². The minimum atomic E-state index is -0.0961. The van der Waals surface area contributed by atoms with Gasteiger partial charge in [-0.05, 0) is 5.56 Å². The smallest absolute Gasteiger partial charge is 0.224 e. The molecule has 0 amide bonds. The number of H-pyrrole nitrogens is 1. The van der Waals surface area contributed by atoms with Crippen LogP contribution >= 0.6 is 0 Å². The van der Waals surface area contributed by atoms with Crippen molar-refractivity contribution in [1.82, 2.24) is 34.5 Å². The molecule has 10 nitrogen and oxygen atoms in total. The average Bonchev–Trinajstić information content (AvgIpc) is 3.27. The number of hydrogen-bond acceptors (Lipinski definition) is 8. The number of hydrogen-bond donors (Lipinski definition) is 3. The molecule has 0 aliphatic rings. The molecule has 4 N–H and O–H groups in total. The standard InChI is InChI=1S/C17H19N9O/c1-9(14-19-4-10(27-3)5-20-14)11-6-21-15-13(11)16(25-17(18)24-15)23-12-7-26(2)8-22-12/h4-9H,1-3H3,(H4,18,21,23,24,25)/t9-/m1/s1. The van der Waals surface area contributed by atoms with E-state index in [9.17, 15) is 0 Å². The summed E-state index contributed by atoms with van der Waals surface area (Å²) in [5.74, 6) is 2.59. The number of aryl methyl sites for hydroxylation is 1. The van der Waals surface area contributed by atoms with Crippen molar-refractivity contribution in [2.75, 3.05) is 18.2 Å². The summed E-state index contributed by atoms with van der Waals surface area (Å²) in [4.78, 5) is 24.9. The molecule has 1 atom stereocenters. The van der Waals surface area contributed by atoms with Crippen molar-refractivity contribution in [2.24, 2.45) is 7.05 Å². The van der Waals surface area contributed by atoms with E-state index >= 15 is 0 Å². The predicted molar refractivity (Wildman–Crippen MR) is 101 cm³/mol. The molecule has 4 aromatic heterocycles. The number of anilines is 3. The third-order valence-electron chi connectivity index (χ3n) is 4.27. The van der Waals surface area contributed by atoms with Crippen LogP contribution in [0.5, 0.6) is 5.75 Å².